The lowest BCUT2D eigenvalue weighted by molar-refractivity contribution is -0.917. The standard InChI is InChI=1S/C25H28NO6.BrH/c1-16-5-7-17(8-6-16)9-10-20(27)22-18-11-12-26(2,14-21(28)29-3)13-19(18)23(30-4)25-24(22)31-15-32-25;/h5-10H,11-15H2,1-4H3;1H/q+1;/p-1. The summed E-state index contributed by atoms with van der Waals surface area (Å²) in [6.45, 7) is 3.50. The Balaban J connectivity index is 0.00000306. The van der Waals surface area contributed by atoms with Crippen LogP contribution in [0.3, 0.4) is 0 Å². The topological polar surface area (TPSA) is 71.1 Å². The summed E-state index contributed by atoms with van der Waals surface area (Å²) in [5.41, 5.74) is 4.39. The maximum atomic E-state index is 13.4. The number of quaternary nitrogens is 1. The van der Waals surface area contributed by atoms with E-state index in [1.807, 2.05) is 38.2 Å². The Morgan fingerprint density at radius 1 is 1.09 bits per heavy atom. The van der Waals surface area contributed by atoms with Crippen LogP contribution in [0.2, 0.25) is 0 Å². The maximum Gasteiger partial charge on any atom is 0.361 e. The lowest BCUT2D eigenvalue weighted by atomic mass is 9.88. The highest BCUT2D eigenvalue weighted by molar-refractivity contribution is 6.11. The van der Waals surface area contributed by atoms with Gasteiger partial charge in [-0.15, -0.1) is 0 Å². The largest absolute Gasteiger partial charge is 1.00 e. The number of rotatable bonds is 6. The predicted octanol–water partition coefficient (Wildman–Crippen LogP) is 0.308. The molecular weight excluding hydrogens is 490 g/mol. The van der Waals surface area contributed by atoms with Crippen LogP contribution in [-0.2, 0) is 22.5 Å². The SMILES string of the molecule is COC(=O)C[N+]1(C)CCc2c(c(OC)c3c(c2C(=O)C=Cc2ccc(C)cc2)OCO3)C1.[Br-]. The summed E-state index contributed by atoms with van der Waals surface area (Å²) in [4.78, 5) is 25.3. The van der Waals surface area contributed by atoms with Gasteiger partial charge < -0.3 is 40.4 Å². The highest BCUT2D eigenvalue weighted by Gasteiger charge is 2.40. The smallest absolute Gasteiger partial charge is 0.361 e. The molecule has 0 radical (unpaired) electrons. The lowest BCUT2D eigenvalue weighted by Gasteiger charge is -2.38. The van der Waals surface area contributed by atoms with Gasteiger partial charge in [-0.05, 0) is 24.1 Å². The van der Waals surface area contributed by atoms with Crippen molar-refractivity contribution in [2.75, 3.05) is 41.1 Å². The van der Waals surface area contributed by atoms with Crippen molar-refractivity contribution in [3.63, 3.8) is 0 Å². The van der Waals surface area contributed by atoms with Crippen molar-refractivity contribution >= 4 is 17.8 Å². The molecule has 0 amide bonds. The van der Waals surface area contributed by atoms with Gasteiger partial charge in [0.2, 0.25) is 12.5 Å². The molecule has 1 atom stereocenters. The van der Waals surface area contributed by atoms with E-state index in [-0.39, 0.29) is 42.1 Å². The van der Waals surface area contributed by atoms with Crippen molar-refractivity contribution in [2.45, 2.75) is 19.9 Å². The Labute approximate surface area is 204 Å². The molecule has 7 nitrogen and oxygen atoms in total. The van der Waals surface area contributed by atoms with E-state index in [1.165, 1.54) is 7.11 Å². The number of carbonyl (C=O) groups is 2. The van der Waals surface area contributed by atoms with E-state index in [2.05, 4.69) is 0 Å². The number of ketones is 1. The van der Waals surface area contributed by atoms with Gasteiger partial charge in [-0.1, -0.05) is 35.9 Å². The minimum Gasteiger partial charge on any atom is -1.00 e. The molecule has 2 heterocycles. The van der Waals surface area contributed by atoms with Crippen LogP contribution in [0.25, 0.3) is 6.08 Å². The molecule has 0 saturated carbocycles. The van der Waals surface area contributed by atoms with Gasteiger partial charge in [0.1, 0.15) is 6.54 Å². The second-order valence-corrected chi connectivity index (χ2v) is 8.52. The number of benzene rings is 2. The fourth-order valence-electron chi connectivity index (χ4n) is 4.40. The number of ether oxygens (including phenoxy) is 4. The fourth-order valence-corrected chi connectivity index (χ4v) is 4.40. The van der Waals surface area contributed by atoms with Crippen molar-refractivity contribution in [3.05, 3.63) is 58.2 Å². The van der Waals surface area contributed by atoms with Crippen LogP contribution < -0.4 is 31.2 Å². The summed E-state index contributed by atoms with van der Waals surface area (Å²) in [5, 5.41) is 0. The van der Waals surface area contributed by atoms with Gasteiger partial charge in [0, 0.05) is 6.42 Å². The molecule has 0 fully saturated rings. The van der Waals surface area contributed by atoms with Crippen LogP contribution in [0, 0.1) is 6.92 Å². The van der Waals surface area contributed by atoms with Gasteiger partial charge in [-0.25, -0.2) is 4.79 Å². The van der Waals surface area contributed by atoms with Crippen molar-refractivity contribution in [1.29, 1.82) is 0 Å². The first-order valence-corrected chi connectivity index (χ1v) is 10.6. The van der Waals surface area contributed by atoms with E-state index >= 15 is 0 Å². The minimum atomic E-state index is -0.270. The summed E-state index contributed by atoms with van der Waals surface area (Å²) in [5.74, 6) is 1.04. The van der Waals surface area contributed by atoms with Crippen LogP contribution in [0.5, 0.6) is 17.2 Å². The molecule has 8 heteroatoms. The average molecular weight is 518 g/mol. The Kier molecular flexibility index (Phi) is 7.49. The first-order valence-electron chi connectivity index (χ1n) is 10.6. The van der Waals surface area contributed by atoms with Gasteiger partial charge in [-0.3, -0.25) is 4.79 Å². The maximum absolute atomic E-state index is 13.4. The minimum absolute atomic E-state index is 0. The van der Waals surface area contributed by atoms with Crippen LogP contribution in [0.1, 0.15) is 32.6 Å². The quantitative estimate of drug-likeness (QED) is 0.237. The number of methoxy groups -OCH3 is 2. The summed E-state index contributed by atoms with van der Waals surface area (Å²) < 4.78 is 22.5. The number of hydrogen-bond acceptors (Lipinski definition) is 6. The van der Waals surface area contributed by atoms with Gasteiger partial charge in [0.25, 0.3) is 0 Å². The van der Waals surface area contributed by atoms with Crippen molar-refractivity contribution in [1.82, 2.24) is 0 Å². The number of hydrogen-bond donors (Lipinski definition) is 0. The average Bonchev–Trinajstić information content (AvgIpc) is 3.25. The number of esters is 1. The monoisotopic (exact) mass is 517 g/mol. The Bertz CT molecular complexity index is 1100. The Hall–Kier alpha value is -2.84. The second kappa shape index (κ2) is 9.97. The second-order valence-electron chi connectivity index (χ2n) is 8.52. The Morgan fingerprint density at radius 2 is 1.79 bits per heavy atom. The predicted molar refractivity (Wildman–Crippen MR) is 119 cm³/mol. The number of allylic oxidation sites excluding steroid dienone is 1. The van der Waals surface area contributed by atoms with Gasteiger partial charge >= 0.3 is 5.97 Å². The molecule has 1 unspecified atom stereocenters. The van der Waals surface area contributed by atoms with Crippen LogP contribution in [0.15, 0.2) is 30.3 Å². The van der Waals surface area contributed by atoms with Crippen LogP contribution in [0.4, 0.5) is 0 Å². The van der Waals surface area contributed by atoms with E-state index < -0.39 is 0 Å². The van der Waals surface area contributed by atoms with E-state index in [1.54, 1.807) is 19.3 Å². The zero-order valence-electron chi connectivity index (χ0n) is 19.3. The van der Waals surface area contributed by atoms with Crippen LogP contribution >= 0.6 is 0 Å². The van der Waals surface area contributed by atoms with Gasteiger partial charge in [-0.2, -0.15) is 0 Å². The summed E-state index contributed by atoms with van der Waals surface area (Å²) >= 11 is 0. The fraction of sp³-hybridized carbons (Fsp3) is 0.360. The molecule has 0 saturated heterocycles. The van der Waals surface area contributed by atoms with E-state index in [0.717, 1.165) is 22.3 Å². The van der Waals surface area contributed by atoms with Crippen molar-refractivity contribution < 1.29 is 50.0 Å². The number of carbonyl (C=O) groups excluding carboxylic acids is 2. The number of aryl methyl sites for hydroxylation is 1. The molecule has 4 rings (SSSR count). The zero-order valence-corrected chi connectivity index (χ0v) is 20.9. The molecule has 2 aromatic rings. The molecule has 2 aliphatic heterocycles. The molecule has 176 valence electrons. The van der Waals surface area contributed by atoms with Gasteiger partial charge in [0.05, 0.1) is 38.9 Å². The lowest BCUT2D eigenvalue weighted by Crippen LogP contribution is -3.00. The van der Waals surface area contributed by atoms with E-state index in [0.29, 0.717) is 46.8 Å². The van der Waals surface area contributed by atoms with E-state index in [4.69, 9.17) is 18.9 Å². The van der Waals surface area contributed by atoms with E-state index in [9.17, 15) is 9.59 Å². The molecule has 0 N–H and O–H groups in total. The Morgan fingerprint density at radius 3 is 2.45 bits per heavy atom. The molecule has 0 bridgehead atoms. The highest BCUT2D eigenvalue weighted by atomic mass is 79.9. The van der Waals surface area contributed by atoms with Gasteiger partial charge in [0.15, 0.2) is 23.8 Å². The summed E-state index contributed by atoms with van der Waals surface area (Å²) in [7, 11) is 4.97. The summed E-state index contributed by atoms with van der Waals surface area (Å²) in [6.07, 6.45) is 3.99. The third kappa shape index (κ3) is 4.91. The van der Waals surface area contributed by atoms with Crippen molar-refractivity contribution in [2.24, 2.45) is 0 Å². The third-order valence-corrected chi connectivity index (χ3v) is 6.12. The molecule has 2 aliphatic rings. The number of likely N-dealkylation sites (N-methyl/N-ethyl adjacent to an activating group) is 1. The molecule has 0 aromatic heterocycles. The molecule has 2 aromatic carbocycles. The molecule has 0 spiro atoms. The van der Waals surface area contributed by atoms with Crippen LogP contribution in [-0.4, -0.2) is 57.4 Å². The number of nitrogens with zero attached hydrogens (tertiary/aromatic N) is 1. The first-order chi connectivity index (χ1) is 15.3. The van der Waals surface area contributed by atoms with Crippen molar-refractivity contribution in [3.8, 4) is 17.2 Å². The highest BCUT2D eigenvalue weighted by Crippen LogP contribution is 2.50. The number of halogens is 1. The molecule has 0 aliphatic carbocycles. The normalized spacial score (nSPS) is 18.4. The molecular formula is C25H28BrNO6. The zero-order chi connectivity index (χ0) is 22.9. The number of fused-ring (bicyclic) bond motifs is 2. The summed E-state index contributed by atoms with van der Waals surface area (Å²) in [6, 6.07) is 7.97. The third-order valence-electron chi connectivity index (χ3n) is 6.12. The first kappa shape index (κ1) is 24.8. The molecule has 33 heavy (non-hydrogen) atoms.